The topological polar surface area (TPSA) is 67.4 Å². The quantitative estimate of drug-likeness (QED) is 0.852. The second-order valence-corrected chi connectivity index (χ2v) is 6.61. The Morgan fingerprint density at radius 3 is 3.00 bits per heavy atom. The molecule has 0 spiro atoms. The van der Waals surface area contributed by atoms with Crippen LogP contribution < -0.4 is 10.6 Å². The van der Waals surface area contributed by atoms with Gasteiger partial charge in [-0.3, -0.25) is 4.79 Å². The first-order chi connectivity index (χ1) is 10.2. The Hall–Kier alpha value is -1.70. The van der Waals surface area contributed by atoms with Gasteiger partial charge in [0.2, 0.25) is 0 Å². The van der Waals surface area contributed by atoms with Gasteiger partial charge in [-0.2, -0.15) is 0 Å². The monoisotopic (exact) mass is 322 g/mol. The molecule has 0 atom stereocenters. The molecule has 0 aromatic carbocycles. The summed E-state index contributed by atoms with van der Waals surface area (Å²) in [6.45, 7) is 1.55. The van der Waals surface area contributed by atoms with Gasteiger partial charge in [-0.15, -0.1) is 22.7 Å². The van der Waals surface area contributed by atoms with Gasteiger partial charge in [-0.05, 0) is 30.0 Å². The molecule has 0 radical (unpaired) electrons. The predicted octanol–water partition coefficient (Wildman–Crippen LogP) is 2.49. The lowest BCUT2D eigenvalue weighted by molar-refractivity contribution is 0.0601. The largest absolute Gasteiger partial charge is 0.465 e. The summed E-state index contributed by atoms with van der Waals surface area (Å²) < 4.78 is 4.87. The third kappa shape index (κ3) is 2.72. The second-order valence-electron chi connectivity index (χ2n) is 4.56. The van der Waals surface area contributed by atoms with Gasteiger partial charge in [0, 0.05) is 11.4 Å². The molecule has 3 rings (SSSR count). The molecule has 5 nitrogen and oxygen atoms in total. The van der Waals surface area contributed by atoms with Gasteiger partial charge in [-0.25, -0.2) is 4.79 Å². The van der Waals surface area contributed by atoms with E-state index in [1.54, 1.807) is 6.07 Å². The van der Waals surface area contributed by atoms with E-state index in [-0.39, 0.29) is 5.91 Å². The number of esters is 1. The number of ether oxygens (including phenoxy) is 1. The molecule has 2 aromatic heterocycles. The van der Waals surface area contributed by atoms with Gasteiger partial charge >= 0.3 is 5.97 Å². The molecule has 0 saturated carbocycles. The molecule has 110 valence electrons. The van der Waals surface area contributed by atoms with Crippen molar-refractivity contribution in [3.05, 3.63) is 38.4 Å². The minimum absolute atomic E-state index is 0.193. The summed E-state index contributed by atoms with van der Waals surface area (Å²) in [5, 5.41) is 8.54. The molecule has 2 N–H and O–H groups in total. The number of fused-ring (bicyclic) bond motifs is 1. The summed E-state index contributed by atoms with van der Waals surface area (Å²) in [7, 11) is 1.36. The predicted molar refractivity (Wildman–Crippen MR) is 83.3 cm³/mol. The van der Waals surface area contributed by atoms with Crippen molar-refractivity contribution in [3.63, 3.8) is 0 Å². The van der Waals surface area contributed by atoms with Crippen molar-refractivity contribution in [3.8, 4) is 0 Å². The number of carbonyl (C=O) groups excluding carboxylic acids is 2. The molecule has 2 aromatic rings. The number of thiophene rings is 2. The molecule has 21 heavy (non-hydrogen) atoms. The van der Waals surface area contributed by atoms with E-state index in [0.717, 1.165) is 30.0 Å². The van der Waals surface area contributed by atoms with E-state index in [9.17, 15) is 9.59 Å². The van der Waals surface area contributed by atoms with Crippen LogP contribution in [0.25, 0.3) is 0 Å². The molecule has 0 unspecified atom stereocenters. The molecule has 7 heteroatoms. The number of hydrogen-bond donors (Lipinski definition) is 2. The van der Waals surface area contributed by atoms with Crippen LogP contribution in [0.4, 0.5) is 5.00 Å². The lowest BCUT2D eigenvalue weighted by Crippen LogP contribution is -2.23. The first kappa shape index (κ1) is 14.2. The van der Waals surface area contributed by atoms with Crippen LogP contribution >= 0.6 is 22.7 Å². The number of carbonyl (C=O) groups is 2. The molecule has 1 aliphatic heterocycles. The molecule has 0 fully saturated rings. The van der Waals surface area contributed by atoms with Crippen LogP contribution in [-0.4, -0.2) is 25.5 Å². The summed E-state index contributed by atoms with van der Waals surface area (Å²) in [5.74, 6) is -0.586. The Balaban J connectivity index is 1.95. The normalized spacial score (nSPS) is 13.6. The summed E-state index contributed by atoms with van der Waals surface area (Å²) >= 11 is 2.81. The molecule has 3 heterocycles. The number of anilines is 1. The van der Waals surface area contributed by atoms with Crippen LogP contribution in [0.3, 0.4) is 0 Å². The van der Waals surface area contributed by atoms with Gasteiger partial charge < -0.3 is 15.4 Å². The number of rotatable bonds is 3. The zero-order valence-corrected chi connectivity index (χ0v) is 13.0. The van der Waals surface area contributed by atoms with Crippen molar-refractivity contribution in [1.29, 1.82) is 0 Å². The fourth-order valence-corrected chi connectivity index (χ4v) is 4.13. The van der Waals surface area contributed by atoms with Crippen molar-refractivity contribution in [2.24, 2.45) is 0 Å². The second kappa shape index (κ2) is 5.97. The number of methoxy groups -OCH3 is 1. The van der Waals surface area contributed by atoms with E-state index < -0.39 is 5.97 Å². The van der Waals surface area contributed by atoms with Crippen LogP contribution in [0.15, 0.2) is 17.5 Å². The van der Waals surface area contributed by atoms with Gasteiger partial charge in [0.25, 0.3) is 5.91 Å². The van der Waals surface area contributed by atoms with Crippen LogP contribution in [-0.2, 0) is 17.7 Å². The maximum Gasteiger partial charge on any atom is 0.341 e. The average Bonchev–Trinajstić information content (AvgIpc) is 3.13. The van der Waals surface area contributed by atoms with Crippen molar-refractivity contribution < 1.29 is 14.3 Å². The molecule has 0 aliphatic carbocycles. The summed E-state index contributed by atoms with van der Waals surface area (Å²) in [4.78, 5) is 25.9. The first-order valence-corrected chi connectivity index (χ1v) is 8.18. The van der Waals surface area contributed by atoms with Crippen LogP contribution in [0.2, 0.25) is 0 Å². The smallest absolute Gasteiger partial charge is 0.341 e. The highest BCUT2D eigenvalue weighted by atomic mass is 32.1. The standard InChI is InChI=1S/C14H14N2O3S2/c1-19-14(18)11-8-4-5-15-7-10(8)21-13(11)16-12(17)9-3-2-6-20-9/h2-3,6,15H,4-5,7H2,1H3,(H,16,17). The summed E-state index contributed by atoms with van der Waals surface area (Å²) in [5.41, 5.74) is 1.50. The molecular formula is C14H14N2O3S2. The third-order valence-electron chi connectivity index (χ3n) is 3.29. The average molecular weight is 322 g/mol. The number of hydrogen-bond acceptors (Lipinski definition) is 6. The van der Waals surface area contributed by atoms with Gasteiger partial charge in [-0.1, -0.05) is 6.07 Å². The third-order valence-corrected chi connectivity index (χ3v) is 5.31. The van der Waals surface area contributed by atoms with Crippen molar-refractivity contribution in [2.75, 3.05) is 19.0 Å². The van der Waals surface area contributed by atoms with Gasteiger partial charge in [0.15, 0.2) is 0 Å². The van der Waals surface area contributed by atoms with Crippen molar-refractivity contribution in [1.82, 2.24) is 5.32 Å². The molecular weight excluding hydrogens is 308 g/mol. The maximum atomic E-state index is 12.2. The van der Waals surface area contributed by atoms with E-state index in [0.29, 0.717) is 15.4 Å². The Morgan fingerprint density at radius 1 is 1.43 bits per heavy atom. The van der Waals surface area contributed by atoms with Crippen molar-refractivity contribution >= 4 is 39.6 Å². The Bertz CT molecular complexity index is 677. The zero-order chi connectivity index (χ0) is 14.8. The summed E-state index contributed by atoms with van der Waals surface area (Å²) in [6.07, 6.45) is 0.769. The van der Waals surface area contributed by atoms with E-state index in [2.05, 4.69) is 10.6 Å². The van der Waals surface area contributed by atoms with Crippen LogP contribution in [0, 0.1) is 0 Å². The van der Waals surface area contributed by atoms with E-state index >= 15 is 0 Å². The maximum absolute atomic E-state index is 12.2. The molecule has 1 aliphatic rings. The Kier molecular flexibility index (Phi) is 4.05. The SMILES string of the molecule is COC(=O)c1c(NC(=O)c2cccs2)sc2c1CCNC2. The van der Waals surface area contributed by atoms with E-state index in [1.807, 2.05) is 11.4 Å². The molecule has 1 amide bonds. The fraction of sp³-hybridized carbons (Fsp3) is 0.286. The minimum atomic E-state index is -0.393. The fourth-order valence-electron chi connectivity index (χ4n) is 2.31. The minimum Gasteiger partial charge on any atom is -0.465 e. The summed E-state index contributed by atoms with van der Waals surface area (Å²) in [6, 6.07) is 3.58. The molecule has 0 saturated heterocycles. The van der Waals surface area contributed by atoms with E-state index in [1.165, 1.54) is 29.8 Å². The lowest BCUT2D eigenvalue weighted by Gasteiger charge is -2.13. The zero-order valence-electron chi connectivity index (χ0n) is 11.4. The van der Waals surface area contributed by atoms with Gasteiger partial charge in [0.05, 0.1) is 17.6 Å². The highest BCUT2D eigenvalue weighted by Gasteiger charge is 2.27. The first-order valence-electron chi connectivity index (χ1n) is 6.49. The van der Waals surface area contributed by atoms with E-state index in [4.69, 9.17) is 4.74 Å². The molecule has 0 bridgehead atoms. The number of amides is 1. The van der Waals surface area contributed by atoms with Crippen molar-refractivity contribution in [2.45, 2.75) is 13.0 Å². The lowest BCUT2D eigenvalue weighted by atomic mass is 10.0. The van der Waals surface area contributed by atoms with Gasteiger partial charge in [0.1, 0.15) is 5.00 Å². The Labute approximate surface area is 129 Å². The number of nitrogens with one attached hydrogen (secondary N) is 2. The Morgan fingerprint density at radius 2 is 2.29 bits per heavy atom. The van der Waals surface area contributed by atoms with Crippen LogP contribution in [0.5, 0.6) is 0 Å². The van der Waals surface area contributed by atoms with Crippen LogP contribution in [0.1, 0.15) is 30.5 Å². The highest BCUT2D eigenvalue weighted by molar-refractivity contribution is 7.17. The highest BCUT2D eigenvalue weighted by Crippen LogP contribution is 2.36.